The van der Waals surface area contributed by atoms with Gasteiger partial charge in [-0.2, -0.15) is 0 Å². The van der Waals surface area contributed by atoms with E-state index in [0.717, 1.165) is 25.9 Å². The quantitative estimate of drug-likeness (QED) is 0.853. The summed E-state index contributed by atoms with van der Waals surface area (Å²) < 4.78 is 4.76. The molecule has 1 aliphatic rings. The highest BCUT2D eigenvalue weighted by Crippen LogP contribution is 2.14. The average molecular weight is 290 g/mol. The molecule has 5 heteroatoms. The maximum absolute atomic E-state index is 12.1. The fraction of sp³-hybridized carbons (Fsp3) is 0.500. The van der Waals surface area contributed by atoms with Gasteiger partial charge >= 0.3 is 5.97 Å². The fourth-order valence-electron chi connectivity index (χ4n) is 2.61. The van der Waals surface area contributed by atoms with E-state index in [2.05, 4.69) is 10.2 Å². The van der Waals surface area contributed by atoms with Gasteiger partial charge in [0.2, 0.25) is 0 Å². The molecule has 1 atom stereocenters. The molecule has 0 bridgehead atoms. The van der Waals surface area contributed by atoms with Crippen LogP contribution in [0.15, 0.2) is 30.3 Å². The number of hydrogen-bond donors (Lipinski definition) is 1. The second-order valence-electron chi connectivity index (χ2n) is 5.35. The highest BCUT2D eigenvalue weighted by molar-refractivity contribution is 5.94. The highest BCUT2D eigenvalue weighted by atomic mass is 16.5. The van der Waals surface area contributed by atoms with Gasteiger partial charge in [0.1, 0.15) is 6.04 Å². The molecule has 1 aromatic carbocycles. The van der Waals surface area contributed by atoms with Crippen molar-refractivity contribution in [1.82, 2.24) is 10.2 Å². The largest absolute Gasteiger partial charge is 0.468 e. The first-order valence-electron chi connectivity index (χ1n) is 7.29. The number of carbonyl (C=O) groups excluding carboxylic acids is 2. The number of esters is 1. The van der Waals surface area contributed by atoms with Gasteiger partial charge in [-0.05, 0) is 31.9 Å². The molecule has 0 aliphatic carbocycles. The van der Waals surface area contributed by atoms with Crippen molar-refractivity contribution in [2.24, 2.45) is 0 Å². The minimum Gasteiger partial charge on any atom is -0.468 e. The Morgan fingerprint density at radius 1 is 1.24 bits per heavy atom. The topological polar surface area (TPSA) is 58.6 Å². The van der Waals surface area contributed by atoms with Crippen LogP contribution in [0, 0.1) is 0 Å². The zero-order valence-corrected chi connectivity index (χ0v) is 12.5. The van der Waals surface area contributed by atoms with Crippen LogP contribution in [-0.4, -0.2) is 49.1 Å². The zero-order valence-electron chi connectivity index (χ0n) is 12.5. The molecular formula is C16H22N2O3. The third-order valence-corrected chi connectivity index (χ3v) is 3.99. The molecule has 1 aliphatic heterocycles. The number of piperidine rings is 1. The van der Waals surface area contributed by atoms with E-state index in [-0.39, 0.29) is 24.0 Å². The zero-order chi connectivity index (χ0) is 15.2. The summed E-state index contributed by atoms with van der Waals surface area (Å²) in [6.07, 6.45) is 1.69. The van der Waals surface area contributed by atoms with Crippen LogP contribution in [-0.2, 0) is 9.53 Å². The van der Waals surface area contributed by atoms with Gasteiger partial charge < -0.3 is 10.1 Å². The molecule has 114 valence electrons. The summed E-state index contributed by atoms with van der Waals surface area (Å²) in [5, 5.41) is 3.06. The van der Waals surface area contributed by atoms with Gasteiger partial charge in [0.15, 0.2) is 0 Å². The average Bonchev–Trinajstić information content (AvgIpc) is 2.55. The van der Waals surface area contributed by atoms with Crippen molar-refractivity contribution in [3.05, 3.63) is 35.9 Å². The van der Waals surface area contributed by atoms with Crippen LogP contribution in [0.1, 0.15) is 30.1 Å². The normalized spacial score (nSPS) is 18.0. The van der Waals surface area contributed by atoms with E-state index in [1.54, 1.807) is 0 Å². The minimum atomic E-state index is -0.222. The summed E-state index contributed by atoms with van der Waals surface area (Å²) in [6.45, 7) is 3.43. The van der Waals surface area contributed by atoms with Crippen molar-refractivity contribution in [2.45, 2.75) is 31.8 Å². The smallest absolute Gasteiger partial charge is 0.322 e. The van der Waals surface area contributed by atoms with Gasteiger partial charge in [-0.25, -0.2) is 0 Å². The molecule has 2 rings (SSSR count). The van der Waals surface area contributed by atoms with Gasteiger partial charge in [-0.15, -0.1) is 0 Å². The first-order chi connectivity index (χ1) is 10.1. The molecule has 1 saturated heterocycles. The molecule has 1 fully saturated rings. The highest BCUT2D eigenvalue weighted by Gasteiger charge is 2.27. The Labute approximate surface area is 125 Å². The van der Waals surface area contributed by atoms with Gasteiger partial charge in [0.05, 0.1) is 7.11 Å². The Balaban J connectivity index is 1.82. The van der Waals surface area contributed by atoms with Crippen molar-refractivity contribution in [1.29, 1.82) is 0 Å². The third kappa shape index (κ3) is 4.04. The summed E-state index contributed by atoms with van der Waals surface area (Å²) in [5.41, 5.74) is 0.683. The number of likely N-dealkylation sites (tertiary alicyclic amines) is 1. The summed E-state index contributed by atoms with van der Waals surface area (Å²) in [6, 6.07) is 9.17. The van der Waals surface area contributed by atoms with E-state index < -0.39 is 0 Å². The van der Waals surface area contributed by atoms with Crippen molar-refractivity contribution in [3.63, 3.8) is 0 Å². The molecule has 5 nitrogen and oxygen atoms in total. The molecule has 1 heterocycles. The molecule has 1 aromatic rings. The van der Waals surface area contributed by atoms with Crippen LogP contribution >= 0.6 is 0 Å². The first kappa shape index (κ1) is 15.5. The molecule has 1 N–H and O–H groups in total. The van der Waals surface area contributed by atoms with E-state index in [4.69, 9.17) is 4.74 Å². The molecule has 21 heavy (non-hydrogen) atoms. The Morgan fingerprint density at radius 2 is 1.86 bits per heavy atom. The number of nitrogens with one attached hydrogen (secondary N) is 1. The number of rotatable bonds is 4. The number of ether oxygens (including phenoxy) is 1. The lowest BCUT2D eigenvalue weighted by Gasteiger charge is -2.34. The molecule has 0 saturated carbocycles. The monoisotopic (exact) mass is 290 g/mol. The lowest BCUT2D eigenvalue weighted by Crippen LogP contribution is -2.49. The van der Waals surface area contributed by atoms with E-state index in [9.17, 15) is 9.59 Å². The predicted octanol–water partition coefficient (Wildman–Crippen LogP) is 1.44. The van der Waals surface area contributed by atoms with Crippen molar-refractivity contribution in [2.75, 3.05) is 20.2 Å². The summed E-state index contributed by atoms with van der Waals surface area (Å²) >= 11 is 0. The molecular weight excluding hydrogens is 268 g/mol. The number of amides is 1. The molecule has 0 spiro atoms. The van der Waals surface area contributed by atoms with Crippen LogP contribution in [0.4, 0.5) is 0 Å². The molecule has 1 unspecified atom stereocenters. The maximum atomic E-state index is 12.1. The van der Waals surface area contributed by atoms with Crippen LogP contribution in [0.25, 0.3) is 0 Å². The Kier molecular flexibility index (Phi) is 5.33. The Morgan fingerprint density at radius 3 is 2.43 bits per heavy atom. The van der Waals surface area contributed by atoms with Crippen LogP contribution in [0.3, 0.4) is 0 Å². The van der Waals surface area contributed by atoms with Crippen LogP contribution < -0.4 is 5.32 Å². The van der Waals surface area contributed by atoms with Crippen LogP contribution in [0.2, 0.25) is 0 Å². The molecule has 0 aromatic heterocycles. The van der Waals surface area contributed by atoms with E-state index >= 15 is 0 Å². The van der Waals surface area contributed by atoms with Crippen molar-refractivity contribution >= 4 is 11.9 Å². The molecule has 1 amide bonds. The second-order valence-corrected chi connectivity index (χ2v) is 5.35. The van der Waals surface area contributed by atoms with Gasteiger partial charge in [0.25, 0.3) is 5.91 Å². The number of carbonyl (C=O) groups is 2. The predicted molar refractivity (Wildman–Crippen MR) is 80.0 cm³/mol. The summed E-state index contributed by atoms with van der Waals surface area (Å²) in [7, 11) is 1.41. The number of benzene rings is 1. The number of hydrogen-bond acceptors (Lipinski definition) is 4. The fourth-order valence-corrected chi connectivity index (χ4v) is 2.61. The first-order valence-corrected chi connectivity index (χ1v) is 7.29. The Bertz CT molecular complexity index is 482. The van der Waals surface area contributed by atoms with E-state index in [1.807, 2.05) is 37.3 Å². The lowest BCUT2D eigenvalue weighted by atomic mass is 10.0. The van der Waals surface area contributed by atoms with Crippen molar-refractivity contribution < 1.29 is 14.3 Å². The summed E-state index contributed by atoms with van der Waals surface area (Å²) in [5.74, 6) is -0.239. The van der Waals surface area contributed by atoms with Gasteiger partial charge in [0, 0.05) is 24.7 Å². The van der Waals surface area contributed by atoms with Crippen molar-refractivity contribution in [3.8, 4) is 0 Å². The maximum Gasteiger partial charge on any atom is 0.322 e. The Hall–Kier alpha value is -1.88. The summed E-state index contributed by atoms with van der Waals surface area (Å²) in [4.78, 5) is 25.7. The van der Waals surface area contributed by atoms with Gasteiger partial charge in [-0.3, -0.25) is 14.5 Å². The van der Waals surface area contributed by atoms with E-state index in [0.29, 0.717) is 5.56 Å². The van der Waals surface area contributed by atoms with E-state index in [1.165, 1.54) is 7.11 Å². The third-order valence-electron chi connectivity index (χ3n) is 3.99. The lowest BCUT2D eigenvalue weighted by molar-refractivity contribution is -0.146. The van der Waals surface area contributed by atoms with Crippen LogP contribution in [0.5, 0.6) is 0 Å². The number of nitrogens with zero attached hydrogens (tertiary/aromatic N) is 1. The standard InChI is InChI=1S/C16H22N2O3/c1-12(16(20)21-2)18-10-8-14(9-11-18)17-15(19)13-6-4-3-5-7-13/h3-7,12,14H,8-11H2,1-2H3,(H,17,19). The molecule has 0 radical (unpaired) electrons. The SMILES string of the molecule is COC(=O)C(C)N1CCC(NC(=O)c2ccccc2)CC1. The minimum absolute atomic E-state index is 0.0323. The number of methoxy groups -OCH3 is 1. The van der Waals surface area contributed by atoms with Gasteiger partial charge in [-0.1, -0.05) is 18.2 Å². The second kappa shape index (κ2) is 7.22.